The van der Waals surface area contributed by atoms with Crippen LogP contribution in [0, 0.1) is 11.6 Å². The Kier molecular flexibility index (Phi) is 8.45. The topological polar surface area (TPSA) is 82.9 Å². The van der Waals surface area contributed by atoms with E-state index >= 15 is 0 Å². The lowest BCUT2D eigenvalue weighted by Gasteiger charge is -2.01. The summed E-state index contributed by atoms with van der Waals surface area (Å²) in [6.45, 7) is 0. The minimum atomic E-state index is -0.381. The van der Waals surface area contributed by atoms with Crippen molar-refractivity contribution in [3.63, 3.8) is 0 Å². The Morgan fingerprint density at radius 3 is 1.61 bits per heavy atom. The second-order valence-electron chi connectivity index (χ2n) is 5.90. The summed E-state index contributed by atoms with van der Waals surface area (Å²) in [4.78, 5) is 23.3. The molecule has 0 aliphatic carbocycles. The van der Waals surface area contributed by atoms with E-state index in [-0.39, 0.29) is 36.3 Å². The maximum Gasteiger partial charge on any atom is 0.240 e. The van der Waals surface area contributed by atoms with Crippen molar-refractivity contribution >= 4 is 24.2 Å². The third kappa shape index (κ3) is 8.31. The number of hydrogen-bond acceptors (Lipinski definition) is 4. The van der Waals surface area contributed by atoms with Crippen molar-refractivity contribution in [2.45, 2.75) is 25.7 Å². The van der Waals surface area contributed by atoms with Gasteiger partial charge in [-0.3, -0.25) is 9.59 Å². The summed E-state index contributed by atoms with van der Waals surface area (Å²) in [6, 6.07) is 11.6. The zero-order valence-electron chi connectivity index (χ0n) is 15.1. The lowest BCUT2D eigenvalue weighted by atomic mass is 10.2. The number of rotatable bonds is 9. The Hall–Kier alpha value is -3.42. The minimum Gasteiger partial charge on any atom is -0.273 e. The Balaban J connectivity index is 1.58. The molecule has 0 aromatic heterocycles. The van der Waals surface area contributed by atoms with Crippen LogP contribution in [0.4, 0.5) is 8.78 Å². The summed E-state index contributed by atoms with van der Waals surface area (Å²) in [6.07, 6.45) is 4.13. The third-order valence-electron chi connectivity index (χ3n) is 3.56. The molecular formula is C20H20F2N4O2. The molecule has 2 N–H and O–H groups in total. The maximum absolute atomic E-state index is 13.0. The molecule has 0 aliphatic heterocycles. The predicted octanol–water partition coefficient (Wildman–Crippen LogP) is 3.13. The number of amides is 2. The molecule has 0 bridgehead atoms. The van der Waals surface area contributed by atoms with E-state index in [1.54, 1.807) is 24.3 Å². The molecule has 0 heterocycles. The molecule has 2 aromatic rings. The number of carbonyl (C=O) groups is 2. The van der Waals surface area contributed by atoms with Crippen LogP contribution >= 0.6 is 0 Å². The van der Waals surface area contributed by atoms with Crippen LogP contribution in [0.25, 0.3) is 0 Å². The summed E-state index contributed by atoms with van der Waals surface area (Å²) in [5, 5.41) is 7.51. The molecule has 146 valence electrons. The number of unbranched alkanes of at least 4 members (excludes halogenated alkanes) is 1. The van der Waals surface area contributed by atoms with Crippen molar-refractivity contribution in [2.75, 3.05) is 0 Å². The SMILES string of the molecule is O=C(CCCCC(=O)N/N=C/c1cccc(F)c1)N/N=C/c1cccc(F)c1. The van der Waals surface area contributed by atoms with Gasteiger partial charge in [-0.1, -0.05) is 24.3 Å². The molecular weight excluding hydrogens is 366 g/mol. The fraction of sp³-hybridized carbons (Fsp3) is 0.200. The van der Waals surface area contributed by atoms with Crippen molar-refractivity contribution < 1.29 is 18.4 Å². The molecule has 2 amide bonds. The van der Waals surface area contributed by atoms with E-state index in [4.69, 9.17) is 0 Å². The molecule has 0 saturated heterocycles. The van der Waals surface area contributed by atoms with Gasteiger partial charge in [-0.15, -0.1) is 0 Å². The summed E-state index contributed by atoms with van der Waals surface area (Å²) in [5.41, 5.74) is 5.77. The largest absolute Gasteiger partial charge is 0.273 e. The molecule has 0 spiro atoms. The van der Waals surface area contributed by atoms with Crippen LogP contribution in [0.15, 0.2) is 58.7 Å². The Morgan fingerprint density at radius 1 is 0.786 bits per heavy atom. The summed E-state index contributed by atoms with van der Waals surface area (Å²) in [5.74, 6) is -1.35. The Labute approximate surface area is 161 Å². The summed E-state index contributed by atoms with van der Waals surface area (Å²) >= 11 is 0. The first-order valence-corrected chi connectivity index (χ1v) is 8.68. The lowest BCUT2D eigenvalue weighted by Crippen LogP contribution is -2.19. The van der Waals surface area contributed by atoms with Crippen LogP contribution in [-0.2, 0) is 9.59 Å². The predicted molar refractivity (Wildman–Crippen MR) is 103 cm³/mol. The van der Waals surface area contributed by atoms with Gasteiger partial charge in [0.15, 0.2) is 0 Å². The average Bonchev–Trinajstić information content (AvgIpc) is 2.65. The van der Waals surface area contributed by atoms with Gasteiger partial charge in [0.05, 0.1) is 12.4 Å². The normalized spacial score (nSPS) is 11.1. The first-order chi connectivity index (χ1) is 13.5. The molecule has 0 aliphatic rings. The first kappa shape index (κ1) is 20.9. The maximum atomic E-state index is 13.0. The summed E-state index contributed by atoms with van der Waals surface area (Å²) < 4.78 is 26.0. The van der Waals surface area contributed by atoms with Gasteiger partial charge in [-0.25, -0.2) is 19.6 Å². The van der Waals surface area contributed by atoms with Crippen molar-refractivity contribution in [3.05, 3.63) is 71.3 Å². The zero-order valence-corrected chi connectivity index (χ0v) is 15.1. The molecule has 0 radical (unpaired) electrons. The molecule has 0 fully saturated rings. The smallest absolute Gasteiger partial charge is 0.240 e. The zero-order chi connectivity index (χ0) is 20.2. The summed E-state index contributed by atoms with van der Waals surface area (Å²) in [7, 11) is 0. The van der Waals surface area contributed by atoms with Crippen molar-refractivity contribution in [3.8, 4) is 0 Å². The fourth-order valence-corrected chi connectivity index (χ4v) is 2.21. The van der Waals surface area contributed by atoms with E-state index in [1.165, 1.54) is 36.7 Å². The molecule has 0 atom stereocenters. The van der Waals surface area contributed by atoms with Crippen molar-refractivity contribution in [2.24, 2.45) is 10.2 Å². The van der Waals surface area contributed by atoms with E-state index in [0.29, 0.717) is 24.0 Å². The van der Waals surface area contributed by atoms with E-state index in [9.17, 15) is 18.4 Å². The van der Waals surface area contributed by atoms with E-state index in [0.717, 1.165) is 0 Å². The second kappa shape index (κ2) is 11.3. The number of nitrogens with zero attached hydrogens (tertiary/aromatic N) is 2. The van der Waals surface area contributed by atoms with E-state index in [2.05, 4.69) is 21.1 Å². The fourth-order valence-electron chi connectivity index (χ4n) is 2.21. The number of benzene rings is 2. The highest BCUT2D eigenvalue weighted by molar-refractivity contribution is 5.83. The van der Waals surface area contributed by atoms with Crippen molar-refractivity contribution in [1.29, 1.82) is 0 Å². The number of hydrogen-bond donors (Lipinski definition) is 2. The highest BCUT2D eigenvalue weighted by Gasteiger charge is 2.03. The van der Waals surface area contributed by atoms with Gasteiger partial charge in [-0.2, -0.15) is 10.2 Å². The molecule has 28 heavy (non-hydrogen) atoms. The average molecular weight is 386 g/mol. The minimum absolute atomic E-state index is 0.209. The molecule has 0 unspecified atom stereocenters. The van der Waals surface area contributed by atoms with Crippen molar-refractivity contribution in [1.82, 2.24) is 10.9 Å². The first-order valence-electron chi connectivity index (χ1n) is 8.68. The Bertz CT molecular complexity index is 797. The van der Waals surface area contributed by atoms with Crippen LogP contribution in [0.1, 0.15) is 36.8 Å². The Morgan fingerprint density at radius 2 is 1.21 bits per heavy atom. The van der Waals surface area contributed by atoms with Crippen LogP contribution in [0.2, 0.25) is 0 Å². The molecule has 6 nitrogen and oxygen atoms in total. The van der Waals surface area contributed by atoms with Gasteiger partial charge in [0.2, 0.25) is 11.8 Å². The van der Waals surface area contributed by atoms with Crippen LogP contribution in [0.5, 0.6) is 0 Å². The number of carbonyl (C=O) groups excluding carboxylic acids is 2. The molecule has 8 heteroatoms. The monoisotopic (exact) mass is 386 g/mol. The molecule has 2 aromatic carbocycles. The number of hydrazone groups is 2. The van der Waals surface area contributed by atoms with Gasteiger partial charge >= 0.3 is 0 Å². The lowest BCUT2D eigenvalue weighted by molar-refractivity contribution is -0.123. The third-order valence-corrected chi connectivity index (χ3v) is 3.56. The molecule has 0 saturated carbocycles. The second-order valence-corrected chi connectivity index (χ2v) is 5.90. The van der Waals surface area contributed by atoms with Gasteiger partial charge in [0.1, 0.15) is 11.6 Å². The highest BCUT2D eigenvalue weighted by Crippen LogP contribution is 2.02. The van der Waals surface area contributed by atoms with Gasteiger partial charge in [0, 0.05) is 12.8 Å². The van der Waals surface area contributed by atoms with Gasteiger partial charge in [-0.05, 0) is 48.2 Å². The van der Waals surface area contributed by atoms with Gasteiger partial charge in [0.25, 0.3) is 0 Å². The van der Waals surface area contributed by atoms with E-state index < -0.39 is 0 Å². The quantitative estimate of drug-likeness (QED) is 0.394. The van der Waals surface area contributed by atoms with Crippen LogP contribution < -0.4 is 10.9 Å². The van der Waals surface area contributed by atoms with Crippen LogP contribution in [-0.4, -0.2) is 24.2 Å². The standard InChI is InChI=1S/C20H20F2N4O2/c21-17-7-3-5-15(11-17)13-23-25-19(27)9-1-2-10-20(28)26-24-14-16-6-4-8-18(22)12-16/h3-8,11-14H,1-2,9-10H2,(H,25,27)(H,26,28)/b23-13+,24-14+. The number of nitrogens with one attached hydrogen (secondary N) is 2. The highest BCUT2D eigenvalue weighted by atomic mass is 19.1. The molecule has 2 rings (SSSR count). The van der Waals surface area contributed by atoms with E-state index in [1.807, 2.05) is 0 Å². The van der Waals surface area contributed by atoms with Crippen LogP contribution in [0.3, 0.4) is 0 Å². The number of halogens is 2. The van der Waals surface area contributed by atoms with Gasteiger partial charge < -0.3 is 0 Å².